The minimum absolute atomic E-state index is 0.0337. The first-order valence-corrected chi connectivity index (χ1v) is 6.73. The highest BCUT2D eigenvalue weighted by Crippen LogP contribution is 2.29. The first kappa shape index (κ1) is 18.5. The third kappa shape index (κ3) is 5.27. The third-order valence-electron chi connectivity index (χ3n) is 2.92. The lowest BCUT2D eigenvalue weighted by Crippen LogP contribution is -2.12. The highest BCUT2D eigenvalue weighted by molar-refractivity contribution is 5.91. The van der Waals surface area contributed by atoms with Gasteiger partial charge in [0.2, 0.25) is 0 Å². The Morgan fingerprint density at radius 3 is 2.30 bits per heavy atom. The van der Waals surface area contributed by atoms with Crippen LogP contribution in [0.1, 0.15) is 22.8 Å². The summed E-state index contributed by atoms with van der Waals surface area (Å²) in [7, 11) is 0. The Balaban J connectivity index is 3.00. The van der Waals surface area contributed by atoms with Gasteiger partial charge < -0.3 is 14.6 Å². The van der Waals surface area contributed by atoms with Crippen molar-refractivity contribution in [3.05, 3.63) is 43.5 Å². The van der Waals surface area contributed by atoms with E-state index >= 15 is 0 Å². The van der Waals surface area contributed by atoms with Gasteiger partial charge in [0.1, 0.15) is 0 Å². The molecule has 0 unspecified atom stereocenters. The van der Waals surface area contributed by atoms with Crippen LogP contribution < -0.4 is 0 Å². The van der Waals surface area contributed by atoms with E-state index in [1.54, 1.807) is 0 Å². The van der Waals surface area contributed by atoms with Gasteiger partial charge in [0.05, 0.1) is 41.3 Å². The van der Waals surface area contributed by atoms with Crippen LogP contribution in [0.3, 0.4) is 0 Å². The number of hydrogen-bond donors (Lipinski definition) is 1. The molecule has 10 nitrogen and oxygen atoms in total. The van der Waals surface area contributed by atoms with Crippen LogP contribution >= 0.6 is 0 Å². The molecule has 1 aromatic carbocycles. The normalized spacial score (nSPS) is 10.5. The number of aromatic carboxylic acids is 1. The molecule has 23 heavy (non-hydrogen) atoms. The summed E-state index contributed by atoms with van der Waals surface area (Å²) in [6.07, 6.45) is -0.0535. The van der Waals surface area contributed by atoms with E-state index in [4.69, 9.17) is 14.6 Å². The molecule has 0 radical (unpaired) electrons. The van der Waals surface area contributed by atoms with E-state index in [2.05, 4.69) is 0 Å². The minimum Gasteiger partial charge on any atom is -0.478 e. The summed E-state index contributed by atoms with van der Waals surface area (Å²) < 4.78 is 10.3. The predicted molar refractivity (Wildman–Crippen MR) is 77.7 cm³/mol. The minimum atomic E-state index is -1.47. The fourth-order valence-electron chi connectivity index (χ4n) is 1.90. The molecule has 0 aliphatic carbocycles. The maximum atomic E-state index is 11.2. The van der Waals surface area contributed by atoms with Gasteiger partial charge in [-0.3, -0.25) is 20.2 Å². The summed E-state index contributed by atoms with van der Waals surface area (Å²) in [5.74, 6) is -1.47. The highest BCUT2D eigenvalue weighted by atomic mass is 16.6. The Morgan fingerprint density at radius 2 is 1.78 bits per heavy atom. The number of benzene rings is 1. The summed E-state index contributed by atoms with van der Waals surface area (Å²) in [6.45, 7) is 2.99. The molecule has 1 N–H and O–H groups in total. The molecule has 0 aliphatic rings. The molecule has 0 saturated carbocycles. The van der Waals surface area contributed by atoms with E-state index in [0.29, 0.717) is 13.2 Å². The largest absolute Gasteiger partial charge is 0.478 e. The predicted octanol–water partition coefficient (Wildman–Crippen LogP) is 1.80. The van der Waals surface area contributed by atoms with Crippen molar-refractivity contribution in [3.8, 4) is 0 Å². The van der Waals surface area contributed by atoms with Crippen molar-refractivity contribution in [2.45, 2.75) is 13.3 Å². The van der Waals surface area contributed by atoms with Crippen LogP contribution in [0.4, 0.5) is 11.4 Å². The number of carbonyl (C=O) groups is 1. The van der Waals surface area contributed by atoms with Gasteiger partial charge in [0.25, 0.3) is 11.4 Å². The Hall–Kier alpha value is -2.59. The van der Waals surface area contributed by atoms with Gasteiger partial charge in [-0.2, -0.15) is 0 Å². The van der Waals surface area contributed by atoms with Crippen molar-refractivity contribution < 1.29 is 29.2 Å². The van der Waals surface area contributed by atoms with E-state index in [1.807, 2.05) is 6.92 Å². The smallest absolute Gasteiger partial charge is 0.336 e. The number of carboxylic acid groups (broad SMARTS) is 1. The quantitative estimate of drug-likeness (QED) is 0.389. The summed E-state index contributed by atoms with van der Waals surface area (Å²) in [6, 6.07) is 1.56. The van der Waals surface area contributed by atoms with Gasteiger partial charge in [-0.05, 0) is 6.92 Å². The highest BCUT2D eigenvalue weighted by Gasteiger charge is 2.26. The number of ether oxygens (including phenoxy) is 2. The summed E-state index contributed by atoms with van der Waals surface area (Å²) in [5.41, 5.74) is -1.83. The molecule has 0 amide bonds. The maximum absolute atomic E-state index is 11.2. The molecule has 0 saturated heterocycles. The van der Waals surface area contributed by atoms with Gasteiger partial charge in [0, 0.05) is 24.7 Å². The molecule has 0 spiro atoms. The van der Waals surface area contributed by atoms with E-state index < -0.39 is 32.8 Å². The van der Waals surface area contributed by atoms with Crippen LogP contribution in [-0.2, 0) is 15.9 Å². The first-order valence-electron chi connectivity index (χ1n) is 6.73. The molecule has 0 aromatic heterocycles. The van der Waals surface area contributed by atoms with E-state index in [-0.39, 0.29) is 25.2 Å². The van der Waals surface area contributed by atoms with E-state index in [9.17, 15) is 25.0 Å². The number of nitro groups is 2. The van der Waals surface area contributed by atoms with Crippen molar-refractivity contribution in [1.82, 2.24) is 0 Å². The van der Waals surface area contributed by atoms with Crippen LogP contribution in [-0.4, -0.2) is 47.3 Å². The van der Waals surface area contributed by atoms with E-state index in [1.165, 1.54) is 0 Å². The zero-order chi connectivity index (χ0) is 17.4. The van der Waals surface area contributed by atoms with Crippen molar-refractivity contribution in [2.24, 2.45) is 0 Å². The van der Waals surface area contributed by atoms with Crippen molar-refractivity contribution in [3.63, 3.8) is 0 Å². The molecular formula is C13H16N2O8. The van der Waals surface area contributed by atoms with Crippen molar-refractivity contribution in [1.29, 1.82) is 0 Å². The number of nitrogens with zero attached hydrogens (tertiary/aromatic N) is 2. The molecule has 126 valence electrons. The van der Waals surface area contributed by atoms with Gasteiger partial charge in [-0.1, -0.05) is 0 Å². The monoisotopic (exact) mass is 328 g/mol. The fraction of sp³-hybridized carbons (Fsp3) is 0.462. The lowest BCUT2D eigenvalue weighted by Gasteiger charge is -2.08. The standard InChI is InChI=1S/C13H16N2O8/c1-2-22-5-6-23-4-3-10-11(13(16)17)7-9(14(18)19)8-12(10)15(20)21/h7-8H,2-6H2,1H3,(H,16,17). The molecule has 0 heterocycles. The van der Waals surface area contributed by atoms with Crippen LogP contribution in [0.25, 0.3) is 0 Å². The zero-order valence-electron chi connectivity index (χ0n) is 12.4. The number of non-ortho nitro benzene ring substituents is 1. The van der Waals surface area contributed by atoms with Gasteiger partial charge in [0.15, 0.2) is 0 Å². The van der Waals surface area contributed by atoms with Gasteiger partial charge in [-0.25, -0.2) is 4.79 Å². The second-order valence-corrected chi connectivity index (χ2v) is 4.37. The number of nitro benzene ring substituents is 2. The molecule has 1 rings (SSSR count). The fourth-order valence-corrected chi connectivity index (χ4v) is 1.90. The maximum Gasteiger partial charge on any atom is 0.336 e. The van der Waals surface area contributed by atoms with Gasteiger partial charge in [-0.15, -0.1) is 0 Å². The molecule has 1 aromatic rings. The molecular weight excluding hydrogens is 312 g/mol. The Labute approximate surface area is 130 Å². The second-order valence-electron chi connectivity index (χ2n) is 4.37. The molecule has 10 heteroatoms. The summed E-state index contributed by atoms with van der Waals surface area (Å²) >= 11 is 0. The number of rotatable bonds is 10. The Bertz CT molecular complexity index is 567. The number of hydrogen-bond acceptors (Lipinski definition) is 7. The van der Waals surface area contributed by atoms with Crippen LogP contribution in [0.5, 0.6) is 0 Å². The Morgan fingerprint density at radius 1 is 1.13 bits per heavy atom. The van der Waals surface area contributed by atoms with E-state index in [0.717, 1.165) is 12.1 Å². The van der Waals surface area contributed by atoms with Crippen LogP contribution in [0.2, 0.25) is 0 Å². The van der Waals surface area contributed by atoms with Crippen molar-refractivity contribution >= 4 is 17.3 Å². The van der Waals surface area contributed by atoms with Crippen LogP contribution in [0.15, 0.2) is 12.1 Å². The van der Waals surface area contributed by atoms with Crippen molar-refractivity contribution in [2.75, 3.05) is 26.4 Å². The molecule has 0 aliphatic heterocycles. The summed E-state index contributed by atoms with van der Waals surface area (Å²) in [4.78, 5) is 31.4. The average Bonchev–Trinajstić information content (AvgIpc) is 2.49. The summed E-state index contributed by atoms with van der Waals surface area (Å²) in [5, 5.41) is 31.0. The SMILES string of the molecule is CCOCCOCCc1c(C(=O)O)cc([N+](=O)[O-])cc1[N+](=O)[O-]. The third-order valence-corrected chi connectivity index (χ3v) is 2.92. The molecule has 0 fully saturated rings. The average molecular weight is 328 g/mol. The van der Waals surface area contributed by atoms with Crippen LogP contribution in [0, 0.1) is 20.2 Å². The lowest BCUT2D eigenvalue weighted by atomic mass is 10.0. The van der Waals surface area contributed by atoms with Gasteiger partial charge >= 0.3 is 5.97 Å². The second kappa shape index (κ2) is 8.76. The first-order chi connectivity index (χ1) is 10.9. The number of carboxylic acids is 1. The Kier molecular flexibility index (Phi) is 7.03. The molecule has 0 atom stereocenters. The topological polar surface area (TPSA) is 142 Å². The lowest BCUT2D eigenvalue weighted by molar-refractivity contribution is -0.394. The molecule has 0 bridgehead atoms. The zero-order valence-corrected chi connectivity index (χ0v) is 12.4.